The molecule has 0 spiro atoms. The van der Waals surface area contributed by atoms with Gasteiger partial charge in [0.1, 0.15) is 6.34 Å². The van der Waals surface area contributed by atoms with Crippen molar-refractivity contribution in [3.05, 3.63) is 0 Å². The molecule has 0 aromatic rings. The van der Waals surface area contributed by atoms with E-state index in [2.05, 4.69) is 49.9 Å². The molecule has 1 N–H and O–H groups in total. The van der Waals surface area contributed by atoms with Gasteiger partial charge in [0, 0.05) is 17.3 Å². The van der Waals surface area contributed by atoms with Gasteiger partial charge in [-0.15, -0.1) is 0 Å². The van der Waals surface area contributed by atoms with E-state index in [1.807, 2.05) is 0 Å². The number of aliphatic imine (C=N–C) groups is 2. The zero-order valence-corrected chi connectivity index (χ0v) is 12.5. The van der Waals surface area contributed by atoms with E-state index in [4.69, 9.17) is 23.4 Å². The average molecular weight is 279 g/mol. The molecular formula is C11H20Cl2N4. The molecule has 1 aliphatic rings. The maximum absolute atomic E-state index is 5.98. The second-order valence-electron chi connectivity index (χ2n) is 6.13. The first-order valence-electron chi connectivity index (χ1n) is 5.58. The standard InChI is InChI=1S/C11H20Cl2N4/c1-10(2,3)6-11(4,5)16-9-15-8(12)14-7-17(9)13/h7,9,16H,6H2,1-5H3. The van der Waals surface area contributed by atoms with E-state index < -0.39 is 0 Å². The van der Waals surface area contributed by atoms with Crippen LogP contribution in [0.25, 0.3) is 0 Å². The summed E-state index contributed by atoms with van der Waals surface area (Å²) in [6, 6.07) is 0. The maximum atomic E-state index is 5.98. The van der Waals surface area contributed by atoms with Gasteiger partial charge < -0.3 is 0 Å². The Kier molecular flexibility index (Phi) is 4.44. The van der Waals surface area contributed by atoms with Crippen LogP contribution in [0.1, 0.15) is 41.0 Å². The van der Waals surface area contributed by atoms with Gasteiger partial charge in [0.2, 0.25) is 5.29 Å². The first-order valence-corrected chi connectivity index (χ1v) is 6.30. The Morgan fingerprint density at radius 2 is 1.94 bits per heavy atom. The van der Waals surface area contributed by atoms with Gasteiger partial charge in [0.25, 0.3) is 0 Å². The number of hydrogen-bond donors (Lipinski definition) is 1. The zero-order valence-electron chi connectivity index (χ0n) is 11.0. The highest BCUT2D eigenvalue weighted by Crippen LogP contribution is 2.27. The normalized spacial score (nSPS) is 21.7. The monoisotopic (exact) mass is 278 g/mol. The van der Waals surface area contributed by atoms with Crippen molar-refractivity contribution in [2.24, 2.45) is 15.4 Å². The maximum Gasteiger partial charge on any atom is 0.222 e. The van der Waals surface area contributed by atoms with Crippen LogP contribution in [0.2, 0.25) is 0 Å². The van der Waals surface area contributed by atoms with E-state index in [1.165, 1.54) is 10.8 Å². The van der Waals surface area contributed by atoms with Crippen LogP contribution >= 0.6 is 23.4 Å². The summed E-state index contributed by atoms with van der Waals surface area (Å²) in [5.74, 6) is 0. The topological polar surface area (TPSA) is 40.0 Å². The smallest absolute Gasteiger partial charge is 0.222 e. The molecule has 0 amide bonds. The summed E-state index contributed by atoms with van der Waals surface area (Å²) in [7, 11) is 0. The molecule has 1 heterocycles. The second kappa shape index (κ2) is 5.12. The third kappa shape index (κ3) is 5.23. The second-order valence-corrected chi connectivity index (χ2v) is 6.85. The lowest BCUT2D eigenvalue weighted by molar-refractivity contribution is 0.200. The highest BCUT2D eigenvalue weighted by molar-refractivity contribution is 6.65. The number of nitrogens with zero attached hydrogens (tertiary/aromatic N) is 3. The molecule has 1 aliphatic heterocycles. The first-order chi connectivity index (χ1) is 7.59. The van der Waals surface area contributed by atoms with Crippen molar-refractivity contribution in [3.8, 4) is 0 Å². The Morgan fingerprint density at radius 3 is 2.47 bits per heavy atom. The van der Waals surface area contributed by atoms with Crippen LogP contribution in [0.4, 0.5) is 0 Å². The predicted molar refractivity (Wildman–Crippen MR) is 74.5 cm³/mol. The molecule has 1 rings (SSSR count). The van der Waals surface area contributed by atoms with Crippen molar-refractivity contribution in [2.45, 2.75) is 52.9 Å². The van der Waals surface area contributed by atoms with Gasteiger partial charge >= 0.3 is 0 Å². The molecule has 98 valence electrons. The first kappa shape index (κ1) is 14.7. The Bertz CT molecular complexity index is 331. The fraction of sp³-hybridized carbons (Fsp3) is 0.818. The third-order valence-corrected chi connectivity index (χ3v) is 2.70. The van der Waals surface area contributed by atoms with E-state index in [1.54, 1.807) is 0 Å². The van der Waals surface area contributed by atoms with Crippen molar-refractivity contribution in [2.75, 3.05) is 0 Å². The number of nitrogens with one attached hydrogen (secondary N) is 1. The van der Waals surface area contributed by atoms with Gasteiger partial charge in [-0.05, 0) is 37.3 Å². The molecular weight excluding hydrogens is 259 g/mol. The summed E-state index contributed by atoms with van der Waals surface area (Å²) in [5.41, 5.74) is 0.131. The molecule has 6 heteroatoms. The molecule has 0 saturated carbocycles. The van der Waals surface area contributed by atoms with Crippen LogP contribution in [0, 0.1) is 5.41 Å². The van der Waals surface area contributed by atoms with Gasteiger partial charge in [-0.25, -0.2) is 14.4 Å². The summed E-state index contributed by atoms with van der Waals surface area (Å²) in [6.45, 7) is 10.9. The summed E-state index contributed by atoms with van der Waals surface area (Å²) in [4.78, 5) is 7.96. The quantitative estimate of drug-likeness (QED) is 0.636. The Balaban J connectivity index is 2.67. The fourth-order valence-electron chi connectivity index (χ4n) is 2.18. The Morgan fingerprint density at radius 1 is 1.35 bits per heavy atom. The highest BCUT2D eigenvalue weighted by Gasteiger charge is 2.30. The molecule has 0 aliphatic carbocycles. The van der Waals surface area contributed by atoms with Crippen molar-refractivity contribution in [3.63, 3.8) is 0 Å². The molecule has 0 radical (unpaired) electrons. The molecule has 0 aromatic heterocycles. The van der Waals surface area contributed by atoms with Crippen LogP contribution in [0.3, 0.4) is 0 Å². The minimum atomic E-state index is -0.376. The van der Waals surface area contributed by atoms with Gasteiger partial charge in [-0.2, -0.15) is 0 Å². The van der Waals surface area contributed by atoms with E-state index in [0.717, 1.165) is 6.42 Å². The molecule has 1 unspecified atom stereocenters. The largest absolute Gasteiger partial charge is 0.272 e. The Hall–Kier alpha value is -0.320. The number of hydrogen-bond acceptors (Lipinski definition) is 4. The molecule has 4 nitrogen and oxygen atoms in total. The summed E-state index contributed by atoms with van der Waals surface area (Å²) >= 11 is 11.7. The minimum Gasteiger partial charge on any atom is -0.272 e. The average Bonchev–Trinajstić information content (AvgIpc) is 2.06. The summed E-state index contributed by atoms with van der Waals surface area (Å²) in [6.07, 6.45) is 2.08. The fourth-order valence-corrected chi connectivity index (χ4v) is 2.45. The molecule has 0 fully saturated rings. The van der Waals surface area contributed by atoms with E-state index in [0.29, 0.717) is 0 Å². The summed E-state index contributed by atoms with van der Waals surface area (Å²) < 4.78 is 1.39. The van der Waals surface area contributed by atoms with Crippen LogP contribution < -0.4 is 5.32 Å². The van der Waals surface area contributed by atoms with E-state index >= 15 is 0 Å². The molecule has 17 heavy (non-hydrogen) atoms. The van der Waals surface area contributed by atoms with Crippen molar-refractivity contribution < 1.29 is 0 Å². The lowest BCUT2D eigenvalue weighted by Gasteiger charge is -2.37. The van der Waals surface area contributed by atoms with Crippen molar-refractivity contribution >= 4 is 35.0 Å². The zero-order chi connectivity index (χ0) is 13.3. The number of amidine groups is 1. The lowest BCUT2D eigenvalue weighted by Crippen LogP contribution is -2.52. The predicted octanol–water partition coefficient (Wildman–Crippen LogP) is 3.17. The van der Waals surface area contributed by atoms with Gasteiger partial charge in [0.15, 0.2) is 6.29 Å². The Labute approximate surface area is 113 Å². The van der Waals surface area contributed by atoms with Gasteiger partial charge in [-0.1, -0.05) is 20.8 Å². The van der Waals surface area contributed by atoms with Crippen molar-refractivity contribution in [1.82, 2.24) is 9.74 Å². The molecule has 1 atom stereocenters. The van der Waals surface area contributed by atoms with Crippen LogP contribution in [-0.2, 0) is 0 Å². The highest BCUT2D eigenvalue weighted by atomic mass is 35.5. The summed E-state index contributed by atoms with van der Waals surface area (Å²) in [5, 5.41) is 3.58. The SMILES string of the molecule is CC(C)(C)CC(C)(C)NC1N=C(Cl)N=CN1Cl. The van der Waals surface area contributed by atoms with Crippen LogP contribution in [-0.4, -0.2) is 27.9 Å². The number of rotatable bonds is 3. The molecule has 0 saturated heterocycles. The minimum absolute atomic E-state index is 0.0953. The van der Waals surface area contributed by atoms with Gasteiger partial charge in [0.05, 0.1) is 0 Å². The van der Waals surface area contributed by atoms with Crippen molar-refractivity contribution in [1.29, 1.82) is 0 Å². The van der Waals surface area contributed by atoms with Gasteiger partial charge in [-0.3, -0.25) is 5.32 Å². The molecule has 0 bridgehead atoms. The third-order valence-electron chi connectivity index (χ3n) is 2.23. The van der Waals surface area contributed by atoms with Crippen LogP contribution in [0.15, 0.2) is 9.98 Å². The lowest BCUT2D eigenvalue weighted by atomic mass is 9.82. The number of halogens is 2. The molecule has 0 aromatic carbocycles. The van der Waals surface area contributed by atoms with E-state index in [-0.39, 0.29) is 22.5 Å². The van der Waals surface area contributed by atoms with Crippen LogP contribution in [0.5, 0.6) is 0 Å². The van der Waals surface area contributed by atoms with E-state index in [9.17, 15) is 0 Å².